The normalized spacial score (nSPS) is 11.4. The van der Waals surface area contributed by atoms with Crippen LogP contribution in [0.1, 0.15) is 32.0 Å². The summed E-state index contributed by atoms with van der Waals surface area (Å²) in [5.74, 6) is -1.02. The molecule has 4 rings (SSSR count). The third-order valence-electron chi connectivity index (χ3n) is 5.24. The zero-order chi connectivity index (χ0) is 23.8. The number of benzene rings is 3. The molecule has 0 saturated heterocycles. The summed E-state index contributed by atoms with van der Waals surface area (Å²) in [7, 11) is -3.03. The van der Waals surface area contributed by atoms with Gasteiger partial charge in [0, 0.05) is 10.9 Å². The molecule has 0 N–H and O–H groups in total. The molecule has 0 radical (unpaired) electrons. The zero-order valence-corrected chi connectivity index (χ0v) is 19.0. The summed E-state index contributed by atoms with van der Waals surface area (Å²) in [5.41, 5.74) is 1.70. The minimum Gasteiger partial charge on any atom is -0.465 e. The number of ether oxygens (including phenoxy) is 1. The minimum absolute atomic E-state index is 0.0333. The highest BCUT2D eigenvalue weighted by Gasteiger charge is 2.33. The van der Waals surface area contributed by atoms with Gasteiger partial charge >= 0.3 is 5.97 Å². The van der Waals surface area contributed by atoms with Crippen molar-refractivity contribution in [3.8, 4) is 0 Å². The maximum Gasteiger partial charge on any atom is 0.342 e. The highest BCUT2D eigenvalue weighted by atomic mass is 32.2. The van der Waals surface area contributed by atoms with Gasteiger partial charge in [0.25, 0.3) is 15.9 Å². The average Bonchev–Trinajstić information content (AvgIpc) is 3.14. The first-order valence-electron chi connectivity index (χ1n) is 10.1. The van der Waals surface area contributed by atoms with Crippen LogP contribution in [0.3, 0.4) is 0 Å². The number of anilines is 1. The Balaban J connectivity index is 1.95. The SMILES string of the molecule is COC(=O)c1c(C)oc2ccc(N(C(=O)c3ccccc3)S(=O)(=O)c3ccc(C)cc3)cc12. The Morgan fingerprint density at radius 3 is 2.21 bits per heavy atom. The molecule has 1 aromatic heterocycles. The summed E-state index contributed by atoms with van der Waals surface area (Å²) in [6, 6.07) is 18.8. The van der Waals surface area contributed by atoms with Gasteiger partial charge in [-0.25, -0.2) is 13.2 Å². The number of nitrogens with zero attached hydrogens (tertiary/aromatic N) is 1. The number of fused-ring (bicyclic) bond motifs is 1. The van der Waals surface area contributed by atoms with E-state index in [2.05, 4.69) is 0 Å². The second-order valence-corrected chi connectivity index (χ2v) is 9.25. The minimum atomic E-state index is -4.28. The van der Waals surface area contributed by atoms with Crippen LogP contribution in [0, 0.1) is 13.8 Å². The predicted octanol–water partition coefficient (Wildman–Crippen LogP) is 4.87. The quantitative estimate of drug-likeness (QED) is 0.392. The van der Waals surface area contributed by atoms with E-state index in [0.717, 1.165) is 9.87 Å². The Bertz CT molecular complexity index is 1450. The predicted molar refractivity (Wildman–Crippen MR) is 124 cm³/mol. The maximum atomic E-state index is 13.7. The maximum absolute atomic E-state index is 13.7. The van der Waals surface area contributed by atoms with Crippen LogP contribution in [0.2, 0.25) is 0 Å². The number of carbonyl (C=O) groups excluding carboxylic acids is 2. The van der Waals surface area contributed by atoms with Crippen LogP contribution in [0.4, 0.5) is 5.69 Å². The number of methoxy groups -OCH3 is 1. The Hall–Kier alpha value is -3.91. The van der Waals surface area contributed by atoms with Crippen LogP contribution >= 0.6 is 0 Å². The summed E-state index contributed by atoms with van der Waals surface area (Å²) in [6.45, 7) is 3.45. The van der Waals surface area contributed by atoms with Crippen molar-refractivity contribution in [1.82, 2.24) is 0 Å². The van der Waals surface area contributed by atoms with Gasteiger partial charge in [-0.15, -0.1) is 0 Å². The molecule has 0 aliphatic rings. The first-order chi connectivity index (χ1) is 15.7. The van der Waals surface area contributed by atoms with Gasteiger partial charge in [-0.05, 0) is 56.3 Å². The summed E-state index contributed by atoms with van der Waals surface area (Å²) < 4.78 is 38.6. The van der Waals surface area contributed by atoms with Crippen molar-refractivity contribution >= 4 is 38.6 Å². The van der Waals surface area contributed by atoms with E-state index in [-0.39, 0.29) is 21.7 Å². The first kappa shape index (κ1) is 22.3. The van der Waals surface area contributed by atoms with Gasteiger partial charge in [0.15, 0.2) is 0 Å². The van der Waals surface area contributed by atoms with Gasteiger partial charge in [-0.1, -0.05) is 35.9 Å². The van der Waals surface area contributed by atoms with Crippen molar-refractivity contribution in [2.75, 3.05) is 11.4 Å². The number of hydrogen-bond donors (Lipinski definition) is 0. The van der Waals surface area contributed by atoms with E-state index in [1.165, 1.54) is 37.4 Å². The molecule has 8 heteroatoms. The number of furan rings is 1. The number of rotatable bonds is 5. The number of sulfonamides is 1. The molecular weight excluding hydrogens is 442 g/mol. The molecule has 4 aromatic rings. The topological polar surface area (TPSA) is 93.9 Å². The van der Waals surface area contributed by atoms with Crippen molar-refractivity contribution in [1.29, 1.82) is 0 Å². The summed E-state index contributed by atoms with van der Waals surface area (Å²) in [5, 5.41) is 0.349. The van der Waals surface area contributed by atoms with Crippen molar-refractivity contribution in [2.24, 2.45) is 0 Å². The largest absolute Gasteiger partial charge is 0.465 e. The Kier molecular flexibility index (Phi) is 5.78. The molecule has 0 fully saturated rings. The highest BCUT2D eigenvalue weighted by molar-refractivity contribution is 7.93. The van der Waals surface area contributed by atoms with Crippen LogP contribution in [0.5, 0.6) is 0 Å². The number of amides is 1. The third-order valence-corrected chi connectivity index (χ3v) is 6.96. The first-order valence-corrected chi connectivity index (χ1v) is 11.5. The number of aryl methyl sites for hydroxylation is 2. The van der Waals surface area contributed by atoms with E-state index in [1.807, 2.05) is 6.92 Å². The second-order valence-electron chi connectivity index (χ2n) is 7.46. The Labute approximate surface area is 191 Å². The third kappa shape index (κ3) is 4.01. The van der Waals surface area contributed by atoms with Gasteiger partial charge in [0.05, 0.1) is 17.7 Å². The molecular formula is C25H21NO6S. The number of esters is 1. The molecule has 0 aliphatic carbocycles. The molecule has 33 heavy (non-hydrogen) atoms. The lowest BCUT2D eigenvalue weighted by Crippen LogP contribution is -2.37. The molecule has 1 heterocycles. The van der Waals surface area contributed by atoms with Crippen molar-refractivity contribution in [3.63, 3.8) is 0 Å². The van der Waals surface area contributed by atoms with E-state index in [0.29, 0.717) is 16.7 Å². The lowest BCUT2D eigenvalue weighted by Gasteiger charge is -2.23. The fourth-order valence-corrected chi connectivity index (χ4v) is 4.97. The molecule has 3 aromatic carbocycles. The summed E-state index contributed by atoms with van der Waals surface area (Å²) in [4.78, 5) is 25.8. The lowest BCUT2D eigenvalue weighted by atomic mass is 10.1. The fraction of sp³-hybridized carbons (Fsp3) is 0.120. The van der Waals surface area contributed by atoms with Crippen LogP contribution in [0.25, 0.3) is 11.0 Å². The molecule has 0 saturated carbocycles. The molecule has 0 unspecified atom stereocenters. The Morgan fingerprint density at radius 1 is 0.909 bits per heavy atom. The van der Waals surface area contributed by atoms with Gasteiger partial charge in [-0.3, -0.25) is 4.79 Å². The van der Waals surface area contributed by atoms with Gasteiger partial charge in [0.1, 0.15) is 16.9 Å². The van der Waals surface area contributed by atoms with Crippen molar-refractivity contribution in [2.45, 2.75) is 18.7 Å². The molecule has 0 aliphatic heterocycles. The zero-order valence-electron chi connectivity index (χ0n) is 18.2. The molecule has 0 spiro atoms. The lowest BCUT2D eigenvalue weighted by molar-refractivity contribution is 0.0600. The van der Waals surface area contributed by atoms with E-state index in [9.17, 15) is 18.0 Å². The molecule has 1 amide bonds. The molecule has 168 valence electrons. The van der Waals surface area contributed by atoms with Crippen LogP contribution < -0.4 is 4.31 Å². The summed E-state index contributed by atoms with van der Waals surface area (Å²) in [6.07, 6.45) is 0. The Morgan fingerprint density at radius 2 is 1.58 bits per heavy atom. The van der Waals surface area contributed by atoms with E-state index >= 15 is 0 Å². The standard InChI is InChI=1S/C25H21NO6S/c1-16-9-12-20(13-10-16)33(29,30)26(24(27)18-7-5-4-6-8-18)19-11-14-22-21(15-19)23(17(2)32-22)25(28)31-3/h4-15H,1-3H3. The molecule has 7 nitrogen and oxygen atoms in total. The monoisotopic (exact) mass is 463 g/mol. The van der Waals surface area contributed by atoms with Crippen LogP contribution in [-0.4, -0.2) is 27.4 Å². The van der Waals surface area contributed by atoms with Crippen molar-refractivity contribution in [3.05, 3.63) is 95.2 Å². The number of hydrogen-bond acceptors (Lipinski definition) is 6. The van der Waals surface area contributed by atoms with Gasteiger partial charge < -0.3 is 9.15 Å². The average molecular weight is 464 g/mol. The van der Waals surface area contributed by atoms with Crippen molar-refractivity contribution < 1.29 is 27.2 Å². The molecule has 0 atom stereocenters. The van der Waals surface area contributed by atoms with E-state index in [1.54, 1.807) is 49.4 Å². The second kappa shape index (κ2) is 8.55. The van der Waals surface area contributed by atoms with Gasteiger partial charge in [0.2, 0.25) is 0 Å². The molecule has 0 bridgehead atoms. The fourth-order valence-electron chi connectivity index (χ4n) is 3.57. The van der Waals surface area contributed by atoms with E-state index < -0.39 is 21.9 Å². The van der Waals surface area contributed by atoms with Crippen LogP contribution in [0.15, 0.2) is 82.1 Å². The van der Waals surface area contributed by atoms with Gasteiger partial charge in [-0.2, -0.15) is 4.31 Å². The number of carbonyl (C=O) groups is 2. The summed E-state index contributed by atoms with van der Waals surface area (Å²) >= 11 is 0. The van der Waals surface area contributed by atoms with Crippen LogP contribution in [-0.2, 0) is 14.8 Å². The smallest absolute Gasteiger partial charge is 0.342 e. The highest BCUT2D eigenvalue weighted by Crippen LogP contribution is 2.33. The van der Waals surface area contributed by atoms with E-state index in [4.69, 9.17) is 9.15 Å².